The highest BCUT2D eigenvalue weighted by atomic mass is 79.9. The van der Waals surface area contributed by atoms with Crippen molar-refractivity contribution in [2.45, 2.75) is 6.10 Å². The van der Waals surface area contributed by atoms with Gasteiger partial charge in [0.05, 0.1) is 9.89 Å². The van der Waals surface area contributed by atoms with Crippen LogP contribution in [0.3, 0.4) is 0 Å². The zero-order valence-electron chi connectivity index (χ0n) is 6.17. The molecular formula is C7H10BrNOS. The maximum Gasteiger partial charge on any atom is 0.0922 e. The predicted molar refractivity (Wildman–Crippen MR) is 50.9 cm³/mol. The normalized spacial score (nSPS) is 13.4. The summed E-state index contributed by atoms with van der Waals surface area (Å²) in [6.45, 7) is 0.600. The first-order chi connectivity index (χ1) is 5.24. The molecule has 2 N–H and O–H groups in total. The average Bonchev–Trinajstić information content (AvgIpc) is 2.36. The molecule has 11 heavy (non-hydrogen) atoms. The summed E-state index contributed by atoms with van der Waals surface area (Å²) in [6, 6.07) is 1.94. The SMILES string of the molecule is CNCC(O)c1csc(Br)c1. The summed E-state index contributed by atoms with van der Waals surface area (Å²) in [5, 5.41) is 14.3. The second-order valence-electron chi connectivity index (χ2n) is 2.26. The third kappa shape index (κ3) is 2.56. The zero-order valence-corrected chi connectivity index (χ0v) is 8.58. The van der Waals surface area contributed by atoms with Crippen LogP contribution in [0.25, 0.3) is 0 Å². The van der Waals surface area contributed by atoms with E-state index in [0.717, 1.165) is 9.35 Å². The van der Waals surface area contributed by atoms with Crippen molar-refractivity contribution in [3.63, 3.8) is 0 Å². The van der Waals surface area contributed by atoms with Gasteiger partial charge in [0.2, 0.25) is 0 Å². The molecule has 0 saturated heterocycles. The first kappa shape index (κ1) is 9.19. The summed E-state index contributed by atoms with van der Waals surface area (Å²) in [6.07, 6.45) is -0.387. The molecule has 1 heterocycles. The molecule has 0 fully saturated rings. The average molecular weight is 236 g/mol. The van der Waals surface area contributed by atoms with Gasteiger partial charge in [-0.25, -0.2) is 0 Å². The number of rotatable bonds is 3. The van der Waals surface area contributed by atoms with Crippen LogP contribution in [0.5, 0.6) is 0 Å². The standard InChI is InChI=1S/C7H10BrNOS/c1-9-3-6(10)5-2-7(8)11-4-5/h2,4,6,9-10H,3H2,1H3. The lowest BCUT2D eigenvalue weighted by Crippen LogP contribution is -2.15. The minimum Gasteiger partial charge on any atom is -0.387 e. The van der Waals surface area contributed by atoms with E-state index < -0.39 is 0 Å². The fourth-order valence-corrected chi connectivity index (χ4v) is 2.03. The van der Waals surface area contributed by atoms with Crippen LogP contribution < -0.4 is 5.32 Å². The highest BCUT2D eigenvalue weighted by molar-refractivity contribution is 9.11. The molecule has 0 aliphatic rings. The summed E-state index contributed by atoms with van der Waals surface area (Å²) in [7, 11) is 1.82. The van der Waals surface area contributed by atoms with Crippen molar-refractivity contribution in [1.82, 2.24) is 5.32 Å². The van der Waals surface area contributed by atoms with Gasteiger partial charge in [-0.1, -0.05) is 0 Å². The number of aliphatic hydroxyl groups excluding tert-OH is 1. The van der Waals surface area contributed by atoms with Crippen LogP contribution in [0, 0.1) is 0 Å². The monoisotopic (exact) mass is 235 g/mol. The number of thiophene rings is 1. The van der Waals surface area contributed by atoms with Gasteiger partial charge in [-0.2, -0.15) is 0 Å². The van der Waals surface area contributed by atoms with E-state index >= 15 is 0 Å². The molecule has 1 atom stereocenters. The Balaban J connectivity index is 2.60. The number of nitrogens with one attached hydrogen (secondary N) is 1. The molecule has 2 nitrogen and oxygen atoms in total. The highest BCUT2D eigenvalue weighted by Gasteiger charge is 2.07. The van der Waals surface area contributed by atoms with Gasteiger partial charge < -0.3 is 10.4 Å². The Kier molecular flexibility index (Phi) is 3.51. The van der Waals surface area contributed by atoms with Crippen LogP contribution in [0.4, 0.5) is 0 Å². The van der Waals surface area contributed by atoms with Gasteiger partial charge in [0.1, 0.15) is 0 Å². The highest BCUT2D eigenvalue weighted by Crippen LogP contribution is 2.24. The maximum absolute atomic E-state index is 9.46. The molecule has 0 radical (unpaired) electrons. The van der Waals surface area contributed by atoms with Gasteiger partial charge >= 0.3 is 0 Å². The van der Waals surface area contributed by atoms with E-state index in [1.807, 2.05) is 18.5 Å². The van der Waals surface area contributed by atoms with Crippen LogP contribution in [0.15, 0.2) is 15.2 Å². The van der Waals surface area contributed by atoms with Crippen LogP contribution in [0.1, 0.15) is 11.7 Å². The van der Waals surface area contributed by atoms with E-state index in [1.165, 1.54) is 0 Å². The van der Waals surface area contributed by atoms with Crippen molar-refractivity contribution in [3.8, 4) is 0 Å². The Bertz CT molecular complexity index is 226. The molecule has 0 aliphatic carbocycles. The first-order valence-electron chi connectivity index (χ1n) is 3.30. The van der Waals surface area contributed by atoms with Crippen LogP contribution >= 0.6 is 27.3 Å². The van der Waals surface area contributed by atoms with Gasteiger partial charge in [0.15, 0.2) is 0 Å². The van der Waals surface area contributed by atoms with Crippen molar-refractivity contribution >= 4 is 27.3 Å². The molecule has 0 aromatic carbocycles. The van der Waals surface area contributed by atoms with Crippen molar-refractivity contribution in [1.29, 1.82) is 0 Å². The molecule has 62 valence electrons. The van der Waals surface area contributed by atoms with E-state index in [2.05, 4.69) is 21.2 Å². The molecule has 4 heteroatoms. The predicted octanol–water partition coefficient (Wildman–Crippen LogP) is 1.76. The van der Waals surface area contributed by atoms with Gasteiger partial charge in [0, 0.05) is 6.54 Å². The van der Waals surface area contributed by atoms with Gasteiger partial charge in [0.25, 0.3) is 0 Å². The molecule has 0 aliphatic heterocycles. The number of aliphatic hydroxyl groups is 1. The summed E-state index contributed by atoms with van der Waals surface area (Å²) < 4.78 is 1.06. The topological polar surface area (TPSA) is 32.3 Å². The lowest BCUT2D eigenvalue weighted by Gasteiger charge is -2.06. The van der Waals surface area contributed by atoms with Crippen LogP contribution in [0.2, 0.25) is 0 Å². The number of likely N-dealkylation sites (N-methyl/N-ethyl adjacent to an activating group) is 1. The van der Waals surface area contributed by atoms with E-state index in [-0.39, 0.29) is 6.10 Å². The van der Waals surface area contributed by atoms with Crippen LogP contribution in [-0.4, -0.2) is 18.7 Å². The fourth-order valence-electron chi connectivity index (χ4n) is 0.809. The first-order valence-corrected chi connectivity index (χ1v) is 4.98. The van der Waals surface area contributed by atoms with E-state index in [9.17, 15) is 5.11 Å². The molecule has 1 rings (SSSR count). The third-order valence-electron chi connectivity index (χ3n) is 1.37. The van der Waals surface area contributed by atoms with Crippen molar-refractivity contribution in [2.24, 2.45) is 0 Å². The fraction of sp³-hybridized carbons (Fsp3) is 0.429. The molecule has 1 unspecified atom stereocenters. The van der Waals surface area contributed by atoms with E-state index in [4.69, 9.17) is 0 Å². The Morgan fingerprint density at radius 2 is 2.55 bits per heavy atom. The number of halogens is 1. The second-order valence-corrected chi connectivity index (χ2v) is 4.55. The molecule has 0 saturated carbocycles. The minimum absolute atomic E-state index is 0.387. The molecular weight excluding hydrogens is 226 g/mol. The van der Waals surface area contributed by atoms with Crippen molar-refractivity contribution in [2.75, 3.05) is 13.6 Å². The lowest BCUT2D eigenvalue weighted by molar-refractivity contribution is 0.178. The Morgan fingerprint density at radius 3 is 3.00 bits per heavy atom. The lowest BCUT2D eigenvalue weighted by atomic mass is 10.2. The van der Waals surface area contributed by atoms with Gasteiger partial charge in [-0.3, -0.25) is 0 Å². The second kappa shape index (κ2) is 4.21. The van der Waals surface area contributed by atoms with Gasteiger partial charge in [-0.05, 0) is 40.0 Å². The quantitative estimate of drug-likeness (QED) is 0.838. The maximum atomic E-state index is 9.46. The smallest absolute Gasteiger partial charge is 0.0922 e. The Morgan fingerprint density at radius 1 is 1.82 bits per heavy atom. The largest absolute Gasteiger partial charge is 0.387 e. The summed E-state index contributed by atoms with van der Waals surface area (Å²) in [5.74, 6) is 0. The van der Waals surface area contributed by atoms with Crippen LogP contribution in [-0.2, 0) is 0 Å². The summed E-state index contributed by atoms with van der Waals surface area (Å²) >= 11 is 4.93. The summed E-state index contributed by atoms with van der Waals surface area (Å²) in [4.78, 5) is 0. The Hall–Kier alpha value is 0.100. The minimum atomic E-state index is -0.387. The van der Waals surface area contributed by atoms with E-state index in [1.54, 1.807) is 11.3 Å². The van der Waals surface area contributed by atoms with Crippen molar-refractivity contribution in [3.05, 3.63) is 20.8 Å². The van der Waals surface area contributed by atoms with Crippen molar-refractivity contribution < 1.29 is 5.11 Å². The molecule has 0 amide bonds. The number of hydrogen-bond donors (Lipinski definition) is 2. The third-order valence-corrected chi connectivity index (χ3v) is 2.89. The van der Waals surface area contributed by atoms with Gasteiger partial charge in [-0.15, -0.1) is 11.3 Å². The molecule has 0 bridgehead atoms. The summed E-state index contributed by atoms with van der Waals surface area (Å²) in [5.41, 5.74) is 0.969. The zero-order chi connectivity index (χ0) is 8.27. The van der Waals surface area contributed by atoms with E-state index in [0.29, 0.717) is 6.54 Å². The molecule has 0 spiro atoms. The number of hydrogen-bond acceptors (Lipinski definition) is 3. The molecule has 1 aromatic heterocycles. The Labute approximate surface area is 78.4 Å². The molecule has 1 aromatic rings.